The molecule has 0 aromatic rings. The Labute approximate surface area is 72.5 Å². The molecule has 0 heterocycles. The highest BCUT2D eigenvalue weighted by Gasteiger charge is 2.19. The van der Waals surface area contributed by atoms with Gasteiger partial charge in [0.25, 0.3) is 0 Å². The molecule has 1 unspecified atom stereocenters. The molecule has 68 valence electrons. The smallest absolute Gasteiger partial charge is 0.328 e. The van der Waals surface area contributed by atoms with Crippen LogP contribution >= 0.6 is 0 Å². The molecule has 12 heavy (non-hydrogen) atoms. The largest absolute Gasteiger partial charge is 0.467 e. The fraction of sp³-hybridized carbons (Fsp3) is 0.750. The van der Waals surface area contributed by atoms with Crippen molar-refractivity contribution in [1.29, 1.82) is 5.26 Å². The molecule has 0 amide bonds. The van der Waals surface area contributed by atoms with E-state index in [0.29, 0.717) is 12.3 Å². The third-order valence-corrected chi connectivity index (χ3v) is 1.43. The highest BCUT2D eigenvalue weighted by Crippen LogP contribution is 2.05. The predicted octanol–water partition coefficient (Wildman–Crippen LogP) is 0.645. The van der Waals surface area contributed by atoms with Gasteiger partial charge in [-0.15, -0.1) is 0 Å². The average Bonchev–Trinajstić information content (AvgIpc) is 2.01. The van der Waals surface area contributed by atoms with Crippen molar-refractivity contribution in [3.8, 4) is 6.19 Å². The molecule has 0 aromatic heterocycles. The Kier molecular flexibility index (Phi) is 4.86. The van der Waals surface area contributed by atoms with Gasteiger partial charge in [0.1, 0.15) is 6.04 Å². The van der Waals surface area contributed by atoms with E-state index in [4.69, 9.17) is 5.26 Å². The lowest BCUT2D eigenvalue weighted by Gasteiger charge is -2.14. The topological polar surface area (TPSA) is 62.1 Å². The van der Waals surface area contributed by atoms with Crippen molar-refractivity contribution in [1.82, 2.24) is 5.32 Å². The van der Waals surface area contributed by atoms with E-state index in [0.717, 1.165) is 0 Å². The molecule has 0 spiro atoms. The number of carbonyl (C=O) groups excluding carboxylic acids is 1. The molecule has 4 nitrogen and oxygen atoms in total. The third-order valence-electron chi connectivity index (χ3n) is 1.43. The molecule has 1 N–H and O–H groups in total. The van der Waals surface area contributed by atoms with Gasteiger partial charge < -0.3 is 10.1 Å². The summed E-state index contributed by atoms with van der Waals surface area (Å²) in [6.07, 6.45) is 2.35. The number of carbonyl (C=O) groups is 1. The lowest BCUT2D eigenvalue weighted by atomic mass is 10.0. The number of esters is 1. The molecule has 0 aliphatic rings. The van der Waals surface area contributed by atoms with E-state index in [-0.39, 0.29) is 5.97 Å². The molecule has 0 rings (SSSR count). The molecule has 0 aliphatic carbocycles. The Morgan fingerprint density at radius 1 is 1.67 bits per heavy atom. The van der Waals surface area contributed by atoms with Crippen LogP contribution in [0.15, 0.2) is 0 Å². The fourth-order valence-electron chi connectivity index (χ4n) is 0.906. The lowest BCUT2D eigenvalue weighted by Crippen LogP contribution is -2.35. The second-order valence-electron chi connectivity index (χ2n) is 2.96. The van der Waals surface area contributed by atoms with Crippen LogP contribution in [0.3, 0.4) is 0 Å². The van der Waals surface area contributed by atoms with Gasteiger partial charge >= 0.3 is 5.97 Å². The van der Waals surface area contributed by atoms with Gasteiger partial charge in [-0.25, -0.2) is 4.79 Å². The van der Waals surface area contributed by atoms with E-state index >= 15 is 0 Å². The molecular weight excluding hydrogens is 156 g/mol. The van der Waals surface area contributed by atoms with Crippen molar-refractivity contribution in [2.24, 2.45) is 5.92 Å². The Morgan fingerprint density at radius 3 is 2.58 bits per heavy atom. The third kappa shape index (κ3) is 3.81. The number of methoxy groups -OCH3 is 1. The maximum atomic E-state index is 11.0. The minimum atomic E-state index is -0.500. The van der Waals surface area contributed by atoms with Crippen LogP contribution in [0.25, 0.3) is 0 Å². The summed E-state index contributed by atoms with van der Waals surface area (Å²) in [5, 5.41) is 10.7. The number of hydrogen-bond acceptors (Lipinski definition) is 4. The summed E-state index contributed by atoms with van der Waals surface area (Å²) < 4.78 is 4.51. The van der Waals surface area contributed by atoms with E-state index in [1.807, 2.05) is 13.8 Å². The number of ether oxygens (including phenoxy) is 1. The first-order chi connectivity index (χ1) is 5.61. The second kappa shape index (κ2) is 5.42. The van der Waals surface area contributed by atoms with Crippen LogP contribution in [0, 0.1) is 17.4 Å². The van der Waals surface area contributed by atoms with Crippen molar-refractivity contribution in [2.45, 2.75) is 26.3 Å². The first-order valence-corrected chi connectivity index (χ1v) is 3.84. The van der Waals surface area contributed by atoms with Gasteiger partial charge in [-0.3, -0.25) is 0 Å². The molecule has 0 radical (unpaired) electrons. The lowest BCUT2D eigenvalue weighted by molar-refractivity contribution is -0.143. The number of rotatable bonds is 4. The monoisotopic (exact) mass is 170 g/mol. The zero-order chi connectivity index (χ0) is 9.56. The molecule has 0 bridgehead atoms. The molecule has 0 aliphatic heterocycles. The Bertz CT molecular complexity index is 184. The highest BCUT2D eigenvalue weighted by atomic mass is 16.5. The molecule has 0 saturated heterocycles. The van der Waals surface area contributed by atoms with Crippen LogP contribution in [0.1, 0.15) is 20.3 Å². The standard InChI is InChI=1S/C8H14N2O2/c1-6(2)4-7(10-5-9)8(11)12-3/h6-7,10H,4H2,1-3H3. The van der Waals surface area contributed by atoms with Gasteiger partial charge in [0, 0.05) is 0 Å². The summed E-state index contributed by atoms with van der Waals surface area (Å²) in [6, 6.07) is -0.500. The molecule has 0 aromatic carbocycles. The molecule has 0 saturated carbocycles. The van der Waals surface area contributed by atoms with Crippen LogP contribution in [0.2, 0.25) is 0 Å². The number of nitrogens with zero attached hydrogens (tertiary/aromatic N) is 1. The van der Waals surface area contributed by atoms with Crippen LogP contribution in [-0.4, -0.2) is 19.1 Å². The maximum absolute atomic E-state index is 11.0. The summed E-state index contributed by atoms with van der Waals surface area (Å²) in [5.74, 6) is -0.0276. The van der Waals surface area contributed by atoms with Gasteiger partial charge in [0.15, 0.2) is 6.19 Å². The van der Waals surface area contributed by atoms with Crippen molar-refractivity contribution in [2.75, 3.05) is 7.11 Å². The number of nitrogens with one attached hydrogen (secondary N) is 1. The average molecular weight is 170 g/mol. The Balaban J connectivity index is 4.05. The van der Waals surface area contributed by atoms with Crippen molar-refractivity contribution in [3.63, 3.8) is 0 Å². The highest BCUT2D eigenvalue weighted by molar-refractivity contribution is 5.75. The summed E-state index contributed by atoms with van der Waals surface area (Å²) in [4.78, 5) is 11.0. The zero-order valence-corrected chi connectivity index (χ0v) is 7.63. The van der Waals surface area contributed by atoms with Crippen LogP contribution in [-0.2, 0) is 9.53 Å². The first kappa shape index (κ1) is 10.8. The zero-order valence-electron chi connectivity index (χ0n) is 7.63. The van der Waals surface area contributed by atoms with Crippen molar-refractivity contribution >= 4 is 5.97 Å². The predicted molar refractivity (Wildman–Crippen MR) is 44.0 cm³/mol. The van der Waals surface area contributed by atoms with Crippen molar-refractivity contribution in [3.05, 3.63) is 0 Å². The summed E-state index contributed by atoms with van der Waals surface area (Å²) in [6.45, 7) is 3.96. The summed E-state index contributed by atoms with van der Waals surface area (Å²) >= 11 is 0. The van der Waals surface area contributed by atoms with Crippen molar-refractivity contribution < 1.29 is 9.53 Å². The van der Waals surface area contributed by atoms with Gasteiger partial charge in [0.05, 0.1) is 7.11 Å². The minimum Gasteiger partial charge on any atom is -0.467 e. The molecule has 4 heteroatoms. The molecule has 0 fully saturated rings. The molecular formula is C8H14N2O2. The molecule has 1 atom stereocenters. The fourth-order valence-corrected chi connectivity index (χ4v) is 0.906. The van der Waals surface area contributed by atoms with Gasteiger partial charge in [-0.2, -0.15) is 5.26 Å². The van der Waals surface area contributed by atoms with E-state index in [1.54, 1.807) is 6.19 Å². The van der Waals surface area contributed by atoms with Gasteiger partial charge in [0.2, 0.25) is 0 Å². The Morgan fingerprint density at radius 2 is 2.25 bits per heavy atom. The normalized spacial score (nSPS) is 11.9. The quantitative estimate of drug-likeness (QED) is 0.382. The summed E-state index contributed by atoms with van der Waals surface area (Å²) in [7, 11) is 1.31. The van der Waals surface area contributed by atoms with Gasteiger partial charge in [-0.05, 0) is 12.3 Å². The van der Waals surface area contributed by atoms with E-state index in [2.05, 4.69) is 10.1 Å². The second-order valence-corrected chi connectivity index (χ2v) is 2.96. The SMILES string of the molecule is COC(=O)C(CC(C)C)NC#N. The van der Waals surface area contributed by atoms with E-state index in [1.165, 1.54) is 7.11 Å². The Hall–Kier alpha value is -1.24. The van der Waals surface area contributed by atoms with Crippen LogP contribution in [0.5, 0.6) is 0 Å². The minimum absolute atomic E-state index is 0.356. The van der Waals surface area contributed by atoms with Gasteiger partial charge in [-0.1, -0.05) is 13.8 Å². The summed E-state index contributed by atoms with van der Waals surface area (Å²) in [5.41, 5.74) is 0. The number of hydrogen-bond donors (Lipinski definition) is 1. The van der Waals surface area contributed by atoms with Crippen LogP contribution < -0.4 is 5.32 Å². The number of nitriles is 1. The van der Waals surface area contributed by atoms with Crippen LogP contribution in [0.4, 0.5) is 0 Å². The van der Waals surface area contributed by atoms with E-state index in [9.17, 15) is 4.79 Å². The first-order valence-electron chi connectivity index (χ1n) is 3.84. The van der Waals surface area contributed by atoms with E-state index < -0.39 is 6.04 Å². The maximum Gasteiger partial charge on any atom is 0.328 e.